The highest BCUT2D eigenvalue weighted by Gasteiger charge is 2.30. The predicted octanol–water partition coefficient (Wildman–Crippen LogP) is 2.64. The summed E-state index contributed by atoms with van der Waals surface area (Å²) in [4.78, 5) is 2.67. The first kappa shape index (κ1) is 13.0. The molecule has 0 saturated carbocycles. The van der Waals surface area contributed by atoms with E-state index >= 15 is 0 Å². The predicted molar refractivity (Wildman–Crippen MR) is 67.3 cm³/mol. The summed E-state index contributed by atoms with van der Waals surface area (Å²) in [5, 5.41) is 3.59. The van der Waals surface area contributed by atoms with Crippen LogP contribution < -0.4 is 5.32 Å². The minimum absolute atomic E-state index is 0.392. The van der Waals surface area contributed by atoms with Crippen molar-refractivity contribution in [1.29, 1.82) is 0 Å². The second kappa shape index (κ2) is 5.86. The lowest BCUT2D eigenvalue weighted by molar-refractivity contribution is 0.0709. The molecule has 0 spiro atoms. The van der Waals surface area contributed by atoms with Gasteiger partial charge in [0.2, 0.25) is 0 Å². The third-order valence-corrected chi connectivity index (χ3v) is 3.63. The van der Waals surface area contributed by atoms with Gasteiger partial charge in [0.15, 0.2) is 0 Å². The summed E-state index contributed by atoms with van der Waals surface area (Å²) in [6.07, 6.45) is 5.30. The number of piperidine rings is 1. The van der Waals surface area contributed by atoms with E-state index in [-0.39, 0.29) is 0 Å². The smallest absolute Gasteiger partial charge is 0.0195 e. The monoisotopic (exact) mass is 212 g/mol. The summed E-state index contributed by atoms with van der Waals surface area (Å²) in [6.45, 7) is 12.9. The fourth-order valence-corrected chi connectivity index (χ4v) is 2.75. The first-order chi connectivity index (χ1) is 7.10. The molecular weight excluding hydrogens is 184 g/mol. The molecule has 0 radical (unpaired) electrons. The van der Waals surface area contributed by atoms with E-state index in [2.05, 4.69) is 37.9 Å². The summed E-state index contributed by atoms with van der Waals surface area (Å²) >= 11 is 0. The van der Waals surface area contributed by atoms with E-state index in [0.717, 1.165) is 12.6 Å². The van der Waals surface area contributed by atoms with Gasteiger partial charge in [-0.25, -0.2) is 0 Å². The first-order valence-electron chi connectivity index (χ1n) is 6.58. The molecule has 0 aromatic rings. The fraction of sp³-hybridized carbons (Fsp3) is 1.00. The second-order valence-electron chi connectivity index (χ2n) is 5.41. The molecule has 0 amide bonds. The van der Waals surface area contributed by atoms with Crippen LogP contribution in [0.5, 0.6) is 0 Å². The second-order valence-corrected chi connectivity index (χ2v) is 5.41. The molecule has 1 rings (SSSR count). The molecule has 0 aromatic carbocycles. The quantitative estimate of drug-likeness (QED) is 0.753. The van der Waals surface area contributed by atoms with Gasteiger partial charge in [0.25, 0.3) is 0 Å². The maximum Gasteiger partial charge on any atom is 0.0195 e. The van der Waals surface area contributed by atoms with Gasteiger partial charge in [-0.3, -0.25) is 4.90 Å². The van der Waals surface area contributed by atoms with Crippen LogP contribution >= 0.6 is 0 Å². The number of hydrogen-bond donors (Lipinski definition) is 1. The largest absolute Gasteiger partial charge is 0.313 e. The molecule has 0 aromatic heterocycles. The average Bonchev–Trinajstić information content (AvgIpc) is 2.19. The Morgan fingerprint density at radius 1 is 1.33 bits per heavy atom. The summed E-state index contributed by atoms with van der Waals surface area (Å²) in [5.41, 5.74) is 0.392. The summed E-state index contributed by atoms with van der Waals surface area (Å²) in [7, 11) is 0. The van der Waals surface area contributed by atoms with Crippen molar-refractivity contribution in [3.8, 4) is 0 Å². The Morgan fingerprint density at radius 2 is 2.07 bits per heavy atom. The molecule has 1 unspecified atom stereocenters. The third kappa shape index (κ3) is 3.76. The number of hydrogen-bond acceptors (Lipinski definition) is 2. The van der Waals surface area contributed by atoms with E-state index in [1.807, 2.05) is 0 Å². The van der Waals surface area contributed by atoms with Gasteiger partial charge in [-0.1, -0.05) is 20.3 Å². The highest BCUT2D eigenvalue weighted by Crippen LogP contribution is 2.24. The van der Waals surface area contributed by atoms with Crippen LogP contribution in [-0.4, -0.2) is 36.1 Å². The van der Waals surface area contributed by atoms with Gasteiger partial charge in [-0.15, -0.1) is 0 Å². The Morgan fingerprint density at radius 3 is 2.67 bits per heavy atom. The molecule has 1 fully saturated rings. The zero-order valence-electron chi connectivity index (χ0n) is 11.0. The van der Waals surface area contributed by atoms with Crippen molar-refractivity contribution < 1.29 is 0 Å². The third-order valence-electron chi connectivity index (χ3n) is 3.63. The van der Waals surface area contributed by atoms with Crippen LogP contribution in [0.25, 0.3) is 0 Å². The van der Waals surface area contributed by atoms with Crippen LogP contribution in [0.3, 0.4) is 0 Å². The number of likely N-dealkylation sites (N-methyl/N-ethyl adjacent to an activating group) is 1. The van der Waals surface area contributed by atoms with Gasteiger partial charge < -0.3 is 5.32 Å². The molecule has 2 heteroatoms. The van der Waals surface area contributed by atoms with Gasteiger partial charge >= 0.3 is 0 Å². The van der Waals surface area contributed by atoms with Gasteiger partial charge in [0.1, 0.15) is 0 Å². The lowest BCUT2D eigenvalue weighted by atomic mass is 9.92. The normalized spacial score (nSPS) is 24.4. The molecule has 0 bridgehead atoms. The molecule has 1 aliphatic rings. The van der Waals surface area contributed by atoms with Crippen LogP contribution in [-0.2, 0) is 0 Å². The molecule has 1 N–H and O–H groups in total. The van der Waals surface area contributed by atoms with Crippen molar-refractivity contribution in [3.05, 3.63) is 0 Å². The Balaban J connectivity index is 2.47. The van der Waals surface area contributed by atoms with Crippen molar-refractivity contribution in [2.24, 2.45) is 0 Å². The Hall–Kier alpha value is -0.0800. The van der Waals surface area contributed by atoms with E-state index in [9.17, 15) is 0 Å². The number of rotatable bonds is 5. The fourth-order valence-electron chi connectivity index (χ4n) is 2.75. The number of likely N-dealkylation sites (tertiary alicyclic amines) is 1. The molecule has 1 atom stereocenters. The lowest BCUT2D eigenvalue weighted by Crippen LogP contribution is -2.53. The van der Waals surface area contributed by atoms with E-state index in [0.29, 0.717) is 5.54 Å². The SMILES string of the molecule is CCCC(C)(C)N1CCCC(NCC)C1. The highest BCUT2D eigenvalue weighted by molar-refractivity contribution is 4.87. The Kier molecular flexibility index (Phi) is 5.07. The van der Waals surface area contributed by atoms with Crippen molar-refractivity contribution in [2.75, 3.05) is 19.6 Å². The van der Waals surface area contributed by atoms with E-state index < -0.39 is 0 Å². The zero-order valence-corrected chi connectivity index (χ0v) is 11.0. The van der Waals surface area contributed by atoms with Gasteiger partial charge in [-0.05, 0) is 46.2 Å². The van der Waals surface area contributed by atoms with E-state index in [1.54, 1.807) is 0 Å². The summed E-state index contributed by atoms with van der Waals surface area (Å²) in [6, 6.07) is 0.722. The number of nitrogens with zero attached hydrogens (tertiary/aromatic N) is 1. The standard InChI is InChI=1S/C13H28N2/c1-5-9-13(3,4)15-10-7-8-12(11-15)14-6-2/h12,14H,5-11H2,1-4H3. The van der Waals surface area contributed by atoms with E-state index in [1.165, 1.54) is 38.8 Å². The van der Waals surface area contributed by atoms with Crippen LogP contribution in [0.4, 0.5) is 0 Å². The van der Waals surface area contributed by atoms with Gasteiger partial charge in [0.05, 0.1) is 0 Å². The maximum absolute atomic E-state index is 3.59. The molecule has 15 heavy (non-hydrogen) atoms. The molecule has 1 saturated heterocycles. The van der Waals surface area contributed by atoms with Gasteiger partial charge in [0, 0.05) is 18.1 Å². The van der Waals surface area contributed by atoms with Crippen LogP contribution in [0.15, 0.2) is 0 Å². The van der Waals surface area contributed by atoms with Crippen LogP contribution in [0.2, 0.25) is 0 Å². The van der Waals surface area contributed by atoms with Crippen molar-refractivity contribution in [2.45, 2.75) is 65.0 Å². The Bertz CT molecular complexity index is 175. The average molecular weight is 212 g/mol. The topological polar surface area (TPSA) is 15.3 Å². The molecule has 1 heterocycles. The number of nitrogens with one attached hydrogen (secondary N) is 1. The van der Waals surface area contributed by atoms with Crippen LogP contribution in [0, 0.1) is 0 Å². The van der Waals surface area contributed by atoms with Crippen molar-refractivity contribution >= 4 is 0 Å². The first-order valence-corrected chi connectivity index (χ1v) is 6.58. The molecule has 0 aliphatic carbocycles. The van der Waals surface area contributed by atoms with Gasteiger partial charge in [-0.2, -0.15) is 0 Å². The molecule has 1 aliphatic heterocycles. The molecule has 2 nitrogen and oxygen atoms in total. The zero-order chi connectivity index (χ0) is 11.3. The maximum atomic E-state index is 3.59. The highest BCUT2D eigenvalue weighted by atomic mass is 15.2. The molecular formula is C13H28N2. The van der Waals surface area contributed by atoms with Crippen LogP contribution in [0.1, 0.15) is 53.4 Å². The van der Waals surface area contributed by atoms with Crippen molar-refractivity contribution in [1.82, 2.24) is 10.2 Å². The van der Waals surface area contributed by atoms with E-state index in [4.69, 9.17) is 0 Å². The minimum atomic E-state index is 0.392. The summed E-state index contributed by atoms with van der Waals surface area (Å²) in [5.74, 6) is 0. The lowest BCUT2D eigenvalue weighted by Gasteiger charge is -2.44. The van der Waals surface area contributed by atoms with Crippen molar-refractivity contribution in [3.63, 3.8) is 0 Å². The summed E-state index contributed by atoms with van der Waals surface area (Å²) < 4.78 is 0. The Labute approximate surface area is 95.4 Å². The minimum Gasteiger partial charge on any atom is -0.313 e. The molecule has 90 valence electrons.